The smallest absolute Gasteiger partial charge is 0.264 e. The molecule has 1 N–H and O–H groups in total. The number of hydrogen-bond donors (Lipinski definition) is 1. The molecule has 0 fully saturated rings. The molecule has 0 heterocycles. The summed E-state index contributed by atoms with van der Waals surface area (Å²) in [5.74, 6) is -0.325. The van der Waals surface area contributed by atoms with E-state index < -0.39 is 34.1 Å². The number of rotatable bonds is 13. The minimum absolute atomic E-state index is 0.0420. The summed E-state index contributed by atoms with van der Waals surface area (Å²) in [4.78, 5) is 30.1. The first kappa shape index (κ1) is 35.5. The number of anilines is 1. The zero-order valence-electron chi connectivity index (χ0n) is 27.4. The Morgan fingerprint density at radius 2 is 1.47 bits per heavy atom. The van der Waals surface area contributed by atoms with Crippen LogP contribution in [0.2, 0.25) is 5.02 Å². The molecule has 0 aliphatic carbocycles. The zero-order valence-corrected chi connectivity index (χ0v) is 29.0. The van der Waals surface area contributed by atoms with E-state index in [0.29, 0.717) is 17.4 Å². The lowest BCUT2D eigenvalue weighted by Crippen LogP contribution is -2.56. The van der Waals surface area contributed by atoms with E-state index in [9.17, 15) is 18.0 Å². The fraction of sp³-hybridized carbons (Fsp3) is 0.297. The Morgan fingerprint density at radius 3 is 2.04 bits per heavy atom. The second kappa shape index (κ2) is 15.5. The van der Waals surface area contributed by atoms with Crippen molar-refractivity contribution in [2.45, 2.75) is 64.1 Å². The molecule has 0 radical (unpaired) electrons. The first-order valence-corrected chi connectivity index (χ1v) is 17.3. The molecular weight excluding hydrogens is 634 g/mol. The van der Waals surface area contributed by atoms with Gasteiger partial charge < -0.3 is 15.0 Å². The van der Waals surface area contributed by atoms with E-state index in [1.807, 2.05) is 65.0 Å². The van der Waals surface area contributed by atoms with Crippen LogP contribution in [0.5, 0.6) is 5.75 Å². The molecule has 4 aromatic rings. The van der Waals surface area contributed by atoms with Crippen molar-refractivity contribution in [3.8, 4) is 5.75 Å². The minimum atomic E-state index is -4.21. The van der Waals surface area contributed by atoms with E-state index in [1.165, 1.54) is 17.0 Å². The molecule has 0 unspecified atom stereocenters. The Morgan fingerprint density at radius 1 is 0.851 bits per heavy atom. The van der Waals surface area contributed by atoms with E-state index in [1.54, 1.807) is 60.7 Å². The second-order valence-corrected chi connectivity index (χ2v) is 14.6. The van der Waals surface area contributed by atoms with Gasteiger partial charge in [0.25, 0.3) is 10.0 Å². The van der Waals surface area contributed by atoms with Gasteiger partial charge in [-0.15, -0.1) is 0 Å². The number of carbonyl (C=O) groups excluding carboxylic acids is 2. The lowest BCUT2D eigenvalue weighted by Gasteiger charge is -2.35. The number of benzene rings is 4. The number of amides is 2. The molecule has 47 heavy (non-hydrogen) atoms. The molecule has 0 aliphatic rings. The van der Waals surface area contributed by atoms with Gasteiger partial charge in [-0.05, 0) is 94.3 Å². The van der Waals surface area contributed by atoms with E-state index in [2.05, 4.69) is 5.32 Å². The van der Waals surface area contributed by atoms with Crippen LogP contribution < -0.4 is 14.4 Å². The van der Waals surface area contributed by atoms with Crippen molar-refractivity contribution in [2.75, 3.05) is 17.5 Å². The van der Waals surface area contributed by atoms with Crippen LogP contribution in [0.15, 0.2) is 108 Å². The van der Waals surface area contributed by atoms with Gasteiger partial charge in [-0.2, -0.15) is 0 Å². The van der Waals surface area contributed by atoms with Crippen LogP contribution >= 0.6 is 11.6 Å². The molecule has 0 spiro atoms. The number of hydrogen-bond acceptors (Lipinski definition) is 5. The predicted molar refractivity (Wildman–Crippen MR) is 187 cm³/mol. The maximum Gasteiger partial charge on any atom is 0.264 e. The molecule has 0 aromatic heterocycles. The van der Waals surface area contributed by atoms with Crippen molar-refractivity contribution in [3.63, 3.8) is 0 Å². The summed E-state index contributed by atoms with van der Waals surface area (Å²) in [6.07, 6.45) is 0.218. The van der Waals surface area contributed by atoms with Crippen LogP contribution in [0.25, 0.3) is 0 Å². The monoisotopic (exact) mass is 675 g/mol. The molecule has 0 saturated heterocycles. The first-order valence-electron chi connectivity index (χ1n) is 15.5. The molecule has 4 rings (SSSR count). The lowest BCUT2D eigenvalue weighted by atomic mass is 10.0. The van der Waals surface area contributed by atoms with Gasteiger partial charge in [-0.1, -0.05) is 71.8 Å². The average Bonchev–Trinajstić information content (AvgIpc) is 3.03. The Balaban J connectivity index is 1.81. The van der Waals surface area contributed by atoms with Gasteiger partial charge in [-0.3, -0.25) is 13.9 Å². The number of nitrogens with zero attached hydrogens (tertiary/aromatic N) is 2. The molecule has 8 nitrogen and oxygen atoms in total. The quantitative estimate of drug-likeness (QED) is 0.168. The van der Waals surface area contributed by atoms with Gasteiger partial charge in [0.2, 0.25) is 11.8 Å². The van der Waals surface area contributed by atoms with Crippen LogP contribution in [0.4, 0.5) is 5.69 Å². The van der Waals surface area contributed by atoms with Crippen molar-refractivity contribution in [3.05, 3.63) is 125 Å². The van der Waals surface area contributed by atoms with Gasteiger partial charge in [0.1, 0.15) is 18.3 Å². The molecule has 2 amide bonds. The van der Waals surface area contributed by atoms with Crippen LogP contribution in [-0.4, -0.2) is 49.9 Å². The summed E-state index contributed by atoms with van der Waals surface area (Å²) in [7, 11) is -4.21. The molecule has 0 aliphatic heterocycles. The number of halogens is 1. The number of sulfonamides is 1. The van der Waals surface area contributed by atoms with Crippen molar-refractivity contribution >= 4 is 39.1 Å². The van der Waals surface area contributed by atoms with Crippen LogP contribution in [-0.2, 0) is 32.6 Å². The number of nitrogens with one attached hydrogen (secondary N) is 1. The summed E-state index contributed by atoms with van der Waals surface area (Å²) < 4.78 is 35.1. The first-order chi connectivity index (χ1) is 22.3. The van der Waals surface area contributed by atoms with Gasteiger partial charge in [0, 0.05) is 23.5 Å². The van der Waals surface area contributed by atoms with Crippen molar-refractivity contribution < 1.29 is 22.7 Å². The van der Waals surface area contributed by atoms with Gasteiger partial charge >= 0.3 is 0 Å². The second-order valence-electron chi connectivity index (χ2n) is 12.3. The highest BCUT2D eigenvalue weighted by molar-refractivity contribution is 7.92. The van der Waals surface area contributed by atoms with Crippen molar-refractivity contribution in [1.29, 1.82) is 0 Å². The predicted octanol–water partition coefficient (Wildman–Crippen LogP) is 6.80. The highest BCUT2D eigenvalue weighted by Gasteiger charge is 2.35. The Labute approximate surface area is 283 Å². The van der Waals surface area contributed by atoms with E-state index in [4.69, 9.17) is 16.3 Å². The van der Waals surface area contributed by atoms with Crippen molar-refractivity contribution in [1.82, 2.24) is 10.2 Å². The van der Waals surface area contributed by atoms with Crippen LogP contribution in [0.3, 0.4) is 0 Å². The minimum Gasteiger partial charge on any atom is -0.494 e. The molecule has 10 heteroatoms. The molecule has 1 atom stereocenters. The summed E-state index contributed by atoms with van der Waals surface area (Å²) in [6.45, 7) is 9.29. The molecular formula is C37H42ClN3O5S. The van der Waals surface area contributed by atoms with Crippen LogP contribution in [0, 0.1) is 6.92 Å². The lowest BCUT2D eigenvalue weighted by molar-refractivity contribution is -0.140. The number of carbonyl (C=O) groups is 2. The average molecular weight is 676 g/mol. The summed E-state index contributed by atoms with van der Waals surface area (Å²) in [5.41, 5.74) is 2.19. The highest BCUT2D eigenvalue weighted by Crippen LogP contribution is 2.27. The fourth-order valence-electron chi connectivity index (χ4n) is 5.03. The Bertz CT molecular complexity index is 1740. The normalized spacial score (nSPS) is 12.2. The summed E-state index contributed by atoms with van der Waals surface area (Å²) >= 11 is 6.16. The molecule has 248 valence electrons. The largest absolute Gasteiger partial charge is 0.494 e. The van der Waals surface area contributed by atoms with E-state index in [0.717, 1.165) is 21.0 Å². The molecule has 0 bridgehead atoms. The summed E-state index contributed by atoms with van der Waals surface area (Å²) in [6, 6.07) is 28.5. The Kier molecular flexibility index (Phi) is 11.7. The van der Waals surface area contributed by atoms with Gasteiger partial charge in [0.15, 0.2) is 0 Å². The van der Waals surface area contributed by atoms with Crippen LogP contribution in [0.1, 0.15) is 44.4 Å². The van der Waals surface area contributed by atoms with Gasteiger partial charge in [-0.25, -0.2) is 8.42 Å². The van der Waals surface area contributed by atoms with E-state index >= 15 is 0 Å². The standard InChI is InChI=1S/C37H42ClN3O5S/c1-6-46-32-20-18-31(19-21-32)41(47(44,45)33-22-12-27(2)13-23-33)26-35(42)40(25-29-14-16-30(38)17-15-29)34(36(43)39-37(3,4)5)24-28-10-8-7-9-11-28/h7-23,34H,6,24-26H2,1-5H3,(H,39,43)/t34-/m0/s1. The molecule has 4 aromatic carbocycles. The van der Waals surface area contributed by atoms with Crippen molar-refractivity contribution in [2.24, 2.45) is 0 Å². The van der Waals surface area contributed by atoms with E-state index in [-0.39, 0.29) is 29.5 Å². The number of aryl methyl sites for hydroxylation is 1. The van der Waals surface area contributed by atoms with Gasteiger partial charge in [0.05, 0.1) is 17.2 Å². The summed E-state index contributed by atoms with van der Waals surface area (Å²) in [5, 5.41) is 3.57. The fourth-order valence-corrected chi connectivity index (χ4v) is 6.58. The maximum absolute atomic E-state index is 14.6. The maximum atomic E-state index is 14.6. The highest BCUT2D eigenvalue weighted by atomic mass is 35.5. The Hall–Kier alpha value is -4.34. The molecule has 0 saturated carbocycles. The third-order valence-corrected chi connectivity index (χ3v) is 9.40. The third-order valence-electron chi connectivity index (χ3n) is 7.36. The SMILES string of the molecule is CCOc1ccc(N(CC(=O)N(Cc2ccc(Cl)cc2)[C@@H](Cc2ccccc2)C(=O)NC(C)(C)C)S(=O)(=O)c2ccc(C)cc2)cc1. The number of ether oxygens (including phenoxy) is 1. The zero-order chi connectivity index (χ0) is 34.2. The topological polar surface area (TPSA) is 96.0 Å². The third kappa shape index (κ3) is 9.83.